The molecule has 0 spiro atoms. The lowest BCUT2D eigenvalue weighted by Crippen LogP contribution is -2.05. The molecule has 4 nitrogen and oxygen atoms in total. The summed E-state index contributed by atoms with van der Waals surface area (Å²) in [5.74, 6) is 0.524. The predicted octanol–water partition coefficient (Wildman–Crippen LogP) is 5.40. The summed E-state index contributed by atoms with van der Waals surface area (Å²) in [6, 6.07) is 22.6. The lowest BCUT2D eigenvalue weighted by atomic mass is 10.0. The van der Waals surface area contributed by atoms with Gasteiger partial charge in [-0.3, -0.25) is 0 Å². The van der Waals surface area contributed by atoms with E-state index in [2.05, 4.69) is 10.2 Å². The van der Waals surface area contributed by atoms with Crippen molar-refractivity contribution in [3.05, 3.63) is 90.4 Å². The fraction of sp³-hybridized carbons (Fsp3) is 0.0833. The van der Waals surface area contributed by atoms with Crippen molar-refractivity contribution in [2.45, 2.75) is 6.54 Å². The Labute approximate surface area is 167 Å². The number of halogens is 1. The van der Waals surface area contributed by atoms with E-state index in [9.17, 15) is 4.39 Å². The Morgan fingerprint density at radius 1 is 0.897 bits per heavy atom. The molecule has 0 atom stereocenters. The van der Waals surface area contributed by atoms with Crippen LogP contribution in [0.4, 0.5) is 4.39 Å². The van der Waals surface area contributed by atoms with Gasteiger partial charge in [-0.15, -0.1) is 10.2 Å². The second kappa shape index (κ2) is 7.02. The highest BCUT2D eigenvalue weighted by Crippen LogP contribution is 2.37. The van der Waals surface area contributed by atoms with Gasteiger partial charge >= 0.3 is 0 Å². The van der Waals surface area contributed by atoms with E-state index in [4.69, 9.17) is 4.74 Å². The molecule has 29 heavy (non-hydrogen) atoms. The third kappa shape index (κ3) is 3.01. The molecule has 2 aliphatic rings. The minimum absolute atomic E-state index is 0.219. The molecule has 5 rings (SSSR count). The highest BCUT2D eigenvalue weighted by atomic mass is 19.1. The summed E-state index contributed by atoms with van der Waals surface area (Å²) in [5.41, 5.74) is 5.11. The van der Waals surface area contributed by atoms with Crippen LogP contribution in [0.3, 0.4) is 0 Å². The fourth-order valence-corrected chi connectivity index (χ4v) is 3.70. The maximum atomic E-state index is 14.3. The van der Waals surface area contributed by atoms with Gasteiger partial charge in [-0.05, 0) is 24.3 Å². The van der Waals surface area contributed by atoms with Gasteiger partial charge in [-0.2, -0.15) is 0 Å². The minimum atomic E-state index is -0.219. The average Bonchev–Trinajstić information content (AvgIpc) is 3.19. The number of nitrogens with zero attached hydrogens (tertiary/aromatic N) is 3. The Morgan fingerprint density at radius 2 is 1.66 bits per heavy atom. The summed E-state index contributed by atoms with van der Waals surface area (Å²) in [6.45, 7) is 0.408. The number of methoxy groups -OCH3 is 1. The monoisotopic (exact) mass is 383 g/mol. The van der Waals surface area contributed by atoms with E-state index in [1.807, 2.05) is 71.4 Å². The number of hydrogen-bond acceptors (Lipinski definition) is 3. The van der Waals surface area contributed by atoms with Crippen LogP contribution in [0.25, 0.3) is 33.4 Å². The van der Waals surface area contributed by atoms with Crippen molar-refractivity contribution in [2.75, 3.05) is 7.11 Å². The second-order valence-corrected chi connectivity index (χ2v) is 6.91. The first-order valence-corrected chi connectivity index (χ1v) is 9.36. The van der Waals surface area contributed by atoms with Crippen LogP contribution < -0.4 is 4.74 Å². The molecule has 3 aromatic rings. The van der Waals surface area contributed by atoms with Crippen LogP contribution >= 0.6 is 0 Å². The summed E-state index contributed by atoms with van der Waals surface area (Å²) in [5, 5.41) is 9.85. The van der Waals surface area contributed by atoms with Crippen LogP contribution in [0.1, 0.15) is 5.56 Å². The van der Waals surface area contributed by atoms with Gasteiger partial charge < -0.3 is 9.30 Å². The molecule has 3 aromatic carbocycles. The van der Waals surface area contributed by atoms with E-state index in [-0.39, 0.29) is 5.82 Å². The first-order chi connectivity index (χ1) is 14.2. The van der Waals surface area contributed by atoms with Crippen molar-refractivity contribution in [1.29, 1.82) is 0 Å². The maximum Gasteiger partial charge on any atom is 0.128 e. The summed E-state index contributed by atoms with van der Waals surface area (Å²) in [6.07, 6.45) is 2.01. The standard InChI is InChI=1S/C24H18FN3O/c1-29-18-11-12-22-19(13-18)24-20(23(26-27-24)16-7-3-2-4-8-16)15-28(22)14-17-9-5-6-10-21(17)25/h2-13,15H,14H2,1H3. The quantitative estimate of drug-likeness (QED) is 0.417. The van der Waals surface area contributed by atoms with E-state index in [1.54, 1.807) is 13.2 Å². The molecule has 0 saturated heterocycles. The molecule has 0 fully saturated rings. The summed E-state index contributed by atoms with van der Waals surface area (Å²) >= 11 is 0. The SMILES string of the molecule is COc1ccc2c(c1)c1nnc(-c3ccccc3)c-1cn2Cc1ccccc1F. The first kappa shape index (κ1) is 17.4. The molecule has 2 aliphatic heterocycles. The maximum absolute atomic E-state index is 14.3. The van der Waals surface area contributed by atoms with Crippen molar-refractivity contribution >= 4 is 10.9 Å². The zero-order valence-corrected chi connectivity index (χ0v) is 15.8. The van der Waals surface area contributed by atoms with Crippen LogP contribution in [-0.2, 0) is 6.54 Å². The molecular weight excluding hydrogens is 365 g/mol. The fourth-order valence-electron chi connectivity index (χ4n) is 3.70. The number of benzene rings is 3. The highest BCUT2D eigenvalue weighted by molar-refractivity contribution is 5.98. The molecule has 142 valence electrons. The molecule has 5 heteroatoms. The van der Waals surface area contributed by atoms with Gasteiger partial charge in [-0.1, -0.05) is 48.5 Å². The second-order valence-electron chi connectivity index (χ2n) is 6.91. The zero-order valence-electron chi connectivity index (χ0n) is 15.8. The van der Waals surface area contributed by atoms with Crippen LogP contribution in [0.5, 0.6) is 5.75 Å². The number of pyridine rings is 1. The average molecular weight is 383 g/mol. The lowest BCUT2D eigenvalue weighted by Gasteiger charge is -2.16. The molecule has 0 aromatic heterocycles. The predicted molar refractivity (Wildman–Crippen MR) is 112 cm³/mol. The lowest BCUT2D eigenvalue weighted by molar-refractivity contribution is 0.415. The molecule has 0 radical (unpaired) electrons. The van der Waals surface area contributed by atoms with E-state index in [0.29, 0.717) is 12.1 Å². The van der Waals surface area contributed by atoms with Gasteiger partial charge in [0.05, 0.1) is 19.2 Å². The number of hydrogen-bond donors (Lipinski definition) is 0. The van der Waals surface area contributed by atoms with Gasteiger partial charge in [0.1, 0.15) is 23.0 Å². The van der Waals surface area contributed by atoms with E-state index in [0.717, 1.165) is 39.2 Å². The highest BCUT2D eigenvalue weighted by Gasteiger charge is 2.21. The molecule has 0 saturated carbocycles. The van der Waals surface area contributed by atoms with Crippen molar-refractivity contribution < 1.29 is 9.13 Å². The van der Waals surface area contributed by atoms with E-state index >= 15 is 0 Å². The Kier molecular flexibility index (Phi) is 4.21. The Hall–Kier alpha value is -3.73. The van der Waals surface area contributed by atoms with E-state index in [1.165, 1.54) is 6.07 Å². The molecule has 0 N–H and O–H groups in total. The molecule has 0 aliphatic carbocycles. The molecule has 2 heterocycles. The van der Waals surface area contributed by atoms with Gasteiger partial charge in [0.25, 0.3) is 0 Å². The van der Waals surface area contributed by atoms with Gasteiger partial charge in [0, 0.05) is 28.3 Å². The molecule has 0 amide bonds. The normalized spacial score (nSPS) is 11.2. The molecule has 0 unspecified atom stereocenters. The Morgan fingerprint density at radius 3 is 2.45 bits per heavy atom. The van der Waals surface area contributed by atoms with Crippen molar-refractivity contribution in [2.24, 2.45) is 0 Å². The van der Waals surface area contributed by atoms with Crippen molar-refractivity contribution in [3.8, 4) is 28.3 Å². The van der Waals surface area contributed by atoms with Crippen LogP contribution in [0, 0.1) is 5.82 Å². The van der Waals surface area contributed by atoms with Gasteiger partial charge in [0.2, 0.25) is 0 Å². The molecular formula is C24H18FN3O. The van der Waals surface area contributed by atoms with Gasteiger partial charge in [0.15, 0.2) is 0 Å². The summed E-state index contributed by atoms with van der Waals surface area (Å²) < 4.78 is 21.8. The van der Waals surface area contributed by atoms with Crippen molar-refractivity contribution in [1.82, 2.24) is 14.8 Å². The largest absolute Gasteiger partial charge is 0.497 e. The number of ether oxygens (including phenoxy) is 1. The topological polar surface area (TPSA) is 39.9 Å². The van der Waals surface area contributed by atoms with Crippen LogP contribution in [-0.4, -0.2) is 21.9 Å². The summed E-state index contributed by atoms with van der Waals surface area (Å²) in [4.78, 5) is 0. The minimum Gasteiger partial charge on any atom is -0.497 e. The smallest absolute Gasteiger partial charge is 0.128 e. The third-order valence-corrected chi connectivity index (χ3v) is 5.16. The van der Waals surface area contributed by atoms with Crippen LogP contribution in [0.2, 0.25) is 0 Å². The molecule has 0 bridgehead atoms. The van der Waals surface area contributed by atoms with Crippen molar-refractivity contribution in [3.63, 3.8) is 0 Å². The van der Waals surface area contributed by atoms with Gasteiger partial charge in [-0.25, -0.2) is 4.39 Å². The number of fused-ring (bicyclic) bond motifs is 3. The van der Waals surface area contributed by atoms with Crippen LogP contribution in [0.15, 0.2) is 79.0 Å². The Balaban J connectivity index is 1.77. The summed E-state index contributed by atoms with van der Waals surface area (Å²) in [7, 11) is 1.64. The zero-order chi connectivity index (χ0) is 19.8. The number of aromatic nitrogens is 3. The first-order valence-electron chi connectivity index (χ1n) is 9.36. The Bertz CT molecular complexity index is 1280. The third-order valence-electron chi connectivity index (χ3n) is 5.16. The number of rotatable bonds is 4. The van der Waals surface area contributed by atoms with E-state index < -0.39 is 0 Å².